The van der Waals surface area contributed by atoms with Gasteiger partial charge in [0, 0.05) is 124 Å². The Kier molecular flexibility index (Phi) is 743. The van der Waals surface area contributed by atoms with Gasteiger partial charge >= 0.3 is 0 Å². The zero-order chi connectivity index (χ0) is 8.00. The van der Waals surface area contributed by atoms with Crippen molar-refractivity contribution in [2.24, 2.45) is 0 Å². The van der Waals surface area contributed by atoms with Crippen LogP contribution in [0.3, 0.4) is 0 Å². The zero-order valence-corrected chi connectivity index (χ0v) is 24.7. The van der Waals surface area contributed by atoms with E-state index in [2.05, 4.69) is 38.2 Å². The molecule has 0 aliphatic carbocycles. The maximum atomic E-state index is 4.50. The summed E-state index contributed by atoms with van der Waals surface area (Å²) in [5.41, 5.74) is 0. The number of hydrogen-bond acceptors (Lipinski definition) is 0. The third kappa shape index (κ3) is 131. The van der Waals surface area contributed by atoms with Crippen molar-refractivity contribution in [1.29, 1.82) is 0 Å². The molecule has 0 heterocycles. The molecule has 0 saturated heterocycles. The number of hydrogen-bond donors (Lipinski definition) is 0. The Morgan fingerprint density at radius 3 is 0.500 bits per heavy atom. The third-order valence-electron chi connectivity index (χ3n) is 0. The van der Waals surface area contributed by atoms with Crippen LogP contribution in [0.5, 0.6) is 0 Å². The maximum Gasteiger partial charge on any atom is 0.0606 e. The van der Waals surface area contributed by atoms with Crippen LogP contribution in [0.4, 0.5) is 0 Å². The van der Waals surface area contributed by atoms with Crippen LogP contribution in [-0.2, 0) is 0 Å². The van der Waals surface area contributed by atoms with Gasteiger partial charge in [-0.1, -0.05) is 20.5 Å². The van der Waals surface area contributed by atoms with E-state index >= 15 is 0 Å². The van der Waals surface area contributed by atoms with Crippen molar-refractivity contribution in [2.75, 3.05) is 0 Å². The van der Waals surface area contributed by atoms with Gasteiger partial charge in [-0.2, -0.15) is 7.85 Å². The molecule has 0 spiro atoms. The summed E-state index contributed by atoms with van der Waals surface area (Å²) < 4.78 is 0. The van der Waals surface area contributed by atoms with Gasteiger partial charge in [-0.25, -0.2) is 0 Å². The van der Waals surface area contributed by atoms with Crippen LogP contribution in [0.25, 0.3) is 0 Å². The number of rotatable bonds is 0. The Hall–Kier alpha value is 4.47. The standard InChI is InChI=1S/3CH3B.CH2B.4U/c4*1-2;;;;/h3*1H3;1H2;;;;/q;;;-1;;;;. The van der Waals surface area contributed by atoms with Gasteiger partial charge in [-0.05, 0) is 0 Å². The van der Waals surface area contributed by atoms with Gasteiger partial charge in [0.25, 0.3) is 0 Å². The van der Waals surface area contributed by atoms with Gasteiger partial charge in [-0.15, -0.1) is 0 Å². The molecule has 0 atom stereocenters. The molecule has 0 aromatic carbocycles. The van der Waals surface area contributed by atoms with Crippen LogP contribution < -0.4 is 0 Å². The van der Waals surface area contributed by atoms with E-state index in [1.54, 1.807) is 0 Å². The van der Waals surface area contributed by atoms with Gasteiger partial charge in [0.2, 0.25) is 0 Å². The predicted molar refractivity (Wildman–Crippen MR) is 46.0 cm³/mol. The van der Waals surface area contributed by atoms with Crippen molar-refractivity contribution in [3.63, 3.8) is 0 Å². The zero-order valence-electron chi connectivity index (χ0n) is 8.02. The second-order valence-corrected chi connectivity index (χ2v) is 0. The van der Waals surface area contributed by atoms with Crippen molar-refractivity contribution in [2.45, 2.75) is 20.5 Å². The van der Waals surface area contributed by atoms with Crippen LogP contribution in [0.15, 0.2) is 0 Å². The summed E-state index contributed by atoms with van der Waals surface area (Å²) in [6.45, 7) is 7.25. The molecule has 0 fully saturated rings. The predicted octanol–water partition coefficient (Wildman–Crippen LogP) is 0.555. The van der Waals surface area contributed by atoms with Crippen molar-refractivity contribution >= 4 is 31.4 Å². The average Bonchev–Trinajstić information content (AvgIpc) is 2.03. The molecular weight excluding hydrogens is 1040 g/mol. The summed E-state index contributed by atoms with van der Waals surface area (Å²) in [4.78, 5) is 0. The summed E-state index contributed by atoms with van der Waals surface area (Å²) in [7, 11) is 17.8. The van der Waals surface area contributed by atoms with Crippen LogP contribution >= 0.6 is 0 Å². The molecular formula is C4H11B4U4-. The van der Waals surface area contributed by atoms with E-state index in [1.165, 1.54) is 20.5 Å². The Balaban J connectivity index is -0.00000000267. The molecule has 12 heavy (non-hydrogen) atoms. The summed E-state index contributed by atoms with van der Waals surface area (Å²) in [6, 6.07) is 0. The minimum absolute atomic E-state index is 0. The second-order valence-electron chi connectivity index (χ2n) is 0. The monoisotopic (exact) mass is 1060 g/mol. The van der Waals surface area contributed by atoms with Gasteiger partial charge in [-0.3, -0.25) is 0 Å². The molecule has 0 saturated carbocycles. The van der Waals surface area contributed by atoms with Crippen molar-refractivity contribution < 1.29 is 124 Å². The molecule has 0 aromatic heterocycles. The quantitative estimate of drug-likeness (QED) is 0.246. The van der Waals surface area contributed by atoms with Gasteiger partial charge in [0.05, 0.1) is 23.5 Å². The van der Waals surface area contributed by atoms with Crippen LogP contribution in [0.2, 0.25) is 20.5 Å². The van der Waals surface area contributed by atoms with Gasteiger partial charge in [0.15, 0.2) is 0 Å². The molecule has 56 valence electrons. The SMILES string of the molecule is [B]C.[B]C.[B]C.[B][CH2-].[U].[U].[U].[U]. The van der Waals surface area contributed by atoms with Crippen LogP contribution in [0.1, 0.15) is 0 Å². The molecule has 8 heteroatoms. The molecule has 0 amide bonds. The Labute approximate surface area is 179 Å². The summed E-state index contributed by atoms with van der Waals surface area (Å²) in [5, 5.41) is 0. The van der Waals surface area contributed by atoms with Crippen molar-refractivity contribution in [3.8, 4) is 0 Å². The van der Waals surface area contributed by atoms with E-state index < -0.39 is 0 Å². The molecule has 0 aromatic rings. The van der Waals surface area contributed by atoms with E-state index in [9.17, 15) is 0 Å². The molecule has 0 unspecified atom stereocenters. The van der Waals surface area contributed by atoms with E-state index in [0.29, 0.717) is 0 Å². The topological polar surface area (TPSA) is 0 Å². The fraction of sp³-hybridized carbons (Fsp3) is 0.750. The minimum Gasteiger partial charge on any atom is -0.382 e. The first-order valence-electron chi connectivity index (χ1n) is 2.14. The van der Waals surface area contributed by atoms with E-state index in [0.717, 1.165) is 0 Å². The molecule has 0 nitrogen and oxygen atoms in total. The van der Waals surface area contributed by atoms with Crippen molar-refractivity contribution in [1.82, 2.24) is 0 Å². The summed E-state index contributed by atoms with van der Waals surface area (Å²) >= 11 is 0. The molecule has 0 bridgehead atoms. The Bertz CT molecular complexity index is 19.0. The first-order valence-corrected chi connectivity index (χ1v) is 2.14. The average molecular weight is 1050 g/mol. The van der Waals surface area contributed by atoms with E-state index in [1.807, 2.05) is 0 Å². The molecule has 0 aliphatic heterocycles. The van der Waals surface area contributed by atoms with Crippen molar-refractivity contribution in [3.05, 3.63) is 6.82 Å². The van der Waals surface area contributed by atoms with E-state index in [4.69, 9.17) is 0 Å². The second kappa shape index (κ2) is 162. The minimum atomic E-state index is 0. The van der Waals surface area contributed by atoms with Gasteiger partial charge in [0.1, 0.15) is 0 Å². The normalized spacial score (nSPS) is 1.67. The molecule has 0 rings (SSSR count). The maximum absolute atomic E-state index is 4.50. The summed E-state index contributed by atoms with van der Waals surface area (Å²) in [5.74, 6) is 0. The Morgan fingerprint density at radius 2 is 0.500 bits per heavy atom. The fourth-order valence-electron chi connectivity index (χ4n) is 0. The molecule has 8 radical (unpaired) electrons. The third-order valence-corrected chi connectivity index (χ3v) is 0. The molecule has 0 aliphatic rings. The fourth-order valence-corrected chi connectivity index (χ4v) is 0. The largest absolute Gasteiger partial charge is 0.382 e. The first-order chi connectivity index (χ1) is 4.00. The van der Waals surface area contributed by atoms with E-state index in [-0.39, 0.29) is 124 Å². The smallest absolute Gasteiger partial charge is 0.0606 e. The van der Waals surface area contributed by atoms with Crippen LogP contribution in [0, 0.1) is 131 Å². The Morgan fingerprint density at radius 1 is 0.500 bits per heavy atom. The molecule has 0 N–H and O–H groups in total. The van der Waals surface area contributed by atoms with Gasteiger partial charge < -0.3 is 6.82 Å². The van der Waals surface area contributed by atoms with Crippen LogP contribution in [-0.4, -0.2) is 31.4 Å². The summed E-state index contributed by atoms with van der Waals surface area (Å²) in [6.07, 6.45) is 0. The first kappa shape index (κ1) is 54.9.